The molecule has 0 amide bonds. The summed E-state index contributed by atoms with van der Waals surface area (Å²) >= 11 is 0. The number of fused-ring (bicyclic) bond motifs is 5. The van der Waals surface area contributed by atoms with Crippen molar-refractivity contribution < 1.29 is 4.42 Å². The number of rotatable bonds is 3. The zero-order chi connectivity index (χ0) is 34.1. The van der Waals surface area contributed by atoms with E-state index in [1.165, 1.54) is 70.4 Å². The third-order valence-corrected chi connectivity index (χ3v) is 11.8. The molecule has 0 aliphatic carbocycles. The summed E-state index contributed by atoms with van der Waals surface area (Å²) in [5.41, 5.74) is 9.45. The molecule has 0 bridgehead atoms. The molecule has 0 atom stereocenters. The first-order valence-corrected chi connectivity index (χ1v) is 18.0. The summed E-state index contributed by atoms with van der Waals surface area (Å²) < 4.78 is 11.1. The Morgan fingerprint density at radius 3 is 1.87 bits per heavy atom. The fourth-order valence-corrected chi connectivity index (χ4v) is 9.63. The first kappa shape index (κ1) is 26.5. The van der Waals surface area contributed by atoms with Crippen molar-refractivity contribution in [3.8, 4) is 28.7 Å². The van der Waals surface area contributed by atoms with Crippen LogP contribution in [0.1, 0.15) is 0 Å². The van der Waals surface area contributed by atoms with Crippen LogP contribution in [0.5, 0.6) is 0 Å². The van der Waals surface area contributed by atoms with Crippen LogP contribution in [0.25, 0.3) is 132 Å². The van der Waals surface area contributed by atoms with Gasteiger partial charge in [-0.05, 0) is 41.1 Å². The van der Waals surface area contributed by atoms with Gasteiger partial charge in [-0.15, -0.1) is 0 Å². The van der Waals surface area contributed by atoms with E-state index in [9.17, 15) is 0 Å². The summed E-state index contributed by atoms with van der Waals surface area (Å²) in [6.07, 6.45) is 0. The molecule has 0 N–H and O–H groups in total. The van der Waals surface area contributed by atoms with E-state index in [1.54, 1.807) is 0 Å². The van der Waals surface area contributed by atoms with Crippen LogP contribution in [0.2, 0.25) is 0 Å². The first-order chi connectivity index (χ1) is 26.3. The summed E-state index contributed by atoms with van der Waals surface area (Å²) in [6.45, 7) is 0. The molecule has 6 nitrogen and oxygen atoms in total. The molecular weight excluding hydrogens is 651 g/mol. The van der Waals surface area contributed by atoms with Crippen LogP contribution in [0, 0.1) is 0 Å². The lowest BCUT2D eigenvalue weighted by Crippen LogP contribution is -2.06. The van der Waals surface area contributed by atoms with Gasteiger partial charge in [0.1, 0.15) is 11.2 Å². The number of hydrogen-bond donors (Lipinski definition) is 0. The molecule has 0 spiro atoms. The van der Waals surface area contributed by atoms with Gasteiger partial charge in [0, 0.05) is 65.0 Å². The third-order valence-electron chi connectivity index (χ3n) is 11.8. The quantitative estimate of drug-likeness (QED) is 0.175. The van der Waals surface area contributed by atoms with Gasteiger partial charge in [-0.25, -0.2) is 4.98 Å². The SMILES string of the molecule is c1ccc(-c2nc(-c3ccc4c(c3)oc3ccccc34)nc(-n3c4ccc5ccc6ccc7c8cccc9c%10ccc3c3c4c5c6c7n(c89)c%103)n2)cc1. The molecule has 8 aromatic carbocycles. The Labute approximate surface area is 299 Å². The van der Waals surface area contributed by atoms with Crippen molar-refractivity contribution in [2.45, 2.75) is 0 Å². The predicted molar refractivity (Wildman–Crippen MR) is 216 cm³/mol. The van der Waals surface area contributed by atoms with Crippen molar-refractivity contribution in [3.63, 3.8) is 0 Å². The molecule has 0 aliphatic rings. The topological polar surface area (TPSA) is 61.2 Å². The number of furan rings is 1. The molecular formula is C47H23N5O. The standard InChI is InChI=1S/C47H23N5O/c1-2-7-26(8-3-1)45-48-46(27-16-18-29-28-9-4-5-12-36(28)53-37(29)23-27)50-47(49-45)51-34-21-17-24-13-14-25-15-19-32-30-10-6-11-31-33-20-22-35(51)41-40(34)38(24)39(25)43(32)52(42(30)31)44(33)41/h1-23H. The summed E-state index contributed by atoms with van der Waals surface area (Å²) in [4.78, 5) is 15.7. The Morgan fingerprint density at radius 1 is 0.396 bits per heavy atom. The molecule has 0 unspecified atom stereocenters. The van der Waals surface area contributed by atoms with E-state index in [4.69, 9.17) is 19.4 Å². The Kier molecular flexibility index (Phi) is 4.47. The average molecular weight is 674 g/mol. The van der Waals surface area contributed by atoms with Crippen molar-refractivity contribution in [2.75, 3.05) is 0 Å². The second-order valence-corrected chi connectivity index (χ2v) is 14.4. The van der Waals surface area contributed by atoms with Crippen LogP contribution in [-0.4, -0.2) is 23.9 Å². The van der Waals surface area contributed by atoms with Gasteiger partial charge in [-0.3, -0.25) is 4.57 Å². The van der Waals surface area contributed by atoms with E-state index in [0.29, 0.717) is 17.6 Å². The van der Waals surface area contributed by atoms with E-state index in [0.717, 1.165) is 44.1 Å². The molecule has 0 saturated carbocycles. The number of para-hydroxylation sites is 2. The van der Waals surface area contributed by atoms with Crippen LogP contribution in [0.15, 0.2) is 144 Å². The summed E-state index contributed by atoms with van der Waals surface area (Å²) in [7, 11) is 0. The van der Waals surface area contributed by atoms with E-state index in [-0.39, 0.29) is 0 Å². The maximum atomic E-state index is 6.32. The normalized spacial score (nSPS) is 12.9. The molecule has 0 saturated heterocycles. The number of benzene rings is 8. The van der Waals surface area contributed by atoms with E-state index < -0.39 is 0 Å². The molecule has 6 heterocycles. The lowest BCUT2D eigenvalue weighted by atomic mass is 9.96. The van der Waals surface area contributed by atoms with Gasteiger partial charge in [-0.2, -0.15) is 9.97 Å². The van der Waals surface area contributed by atoms with E-state index in [2.05, 4.69) is 112 Å². The van der Waals surface area contributed by atoms with Crippen molar-refractivity contribution >= 4 is 103 Å². The first-order valence-electron chi connectivity index (χ1n) is 18.0. The molecule has 6 heteroatoms. The van der Waals surface area contributed by atoms with E-state index >= 15 is 0 Å². The second kappa shape index (κ2) is 8.94. The Morgan fingerprint density at radius 2 is 1.00 bits per heavy atom. The Bertz CT molecular complexity index is 3790. The number of hydrogen-bond acceptors (Lipinski definition) is 4. The summed E-state index contributed by atoms with van der Waals surface area (Å²) in [5, 5.41) is 14.8. The smallest absolute Gasteiger partial charge is 0.238 e. The molecule has 14 aromatic rings. The zero-order valence-electron chi connectivity index (χ0n) is 27.9. The largest absolute Gasteiger partial charge is 0.456 e. The molecule has 0 fully saturated rings. The maximum absolute atomic E-state index is 6.32. The minimum Gasteiger partial charge on any atom is -0.456 e. The second-order valence-electron chi connectivity index (χ2n) is 14.4. The molecule has 242 valence electrons. The third kappa shape index (κ3) is 3.08. The zero-order valence-corrected chi connectivity index (χ0v) is 27.9. The van der Waals surface area contributed by atoms with Gasteiger partial charge in [0.05, 0.1) is 27.6 Å². The van der Waals surface area contributed by atoms with Crippen molar-refractivity contribution in [1.82, 2.24) is 23.9 Å². The van der Waals surface area contributed by atoms with Gasteiger partial charge in [-0.1, -0.05) is 109 Å². The van der Waals surface area contributed by atoms with Crippen molar-refractivity contribution in [1.29, 1.82) is 0 Å². The summed E-state index contributed by atoms with van der Waals surface area (Å²) in [6, 6.07) is 49.6. The van der Waals surface area contributed by atoms with Crippen LogP contribution in [0.4, 0.5) is 0 Å². The van der Waals surface area contributed by atoms with Crippen LogP contribution < -0.4 is 0 Å². The van der Waals surface area contributed by atoms with Crippen LogP contribution >= 0.6 is 0 Å². The molecule has 0 radical (unpaired) electrons. The molecule has 53 heavy (non-hydrogen) atoms. The number of nitrogens with zero attached hydrogens (tertiary/aromatic N) is 5. The van der Waals surface area contributed by atoms with Gasteiger partial charge < -0.3 is 8.82 Å². The minimum absolute atomic E-state index is 0.581. The van der Waals surface area contributed by atoms with Gasteiger partial charge in [0.2, 0.25) is 5.95 Å². The maximum Gasteiger partial charge on any atom is 0.238 e. The van der Waals surface area contributed by atoms with Gasteiger partial charge in [0.25, 0.3) is 0 Å². The summed E-state index contributed by atoms with van der Waals surface area (Å²) in [5.74, 6) is 1.79. The van der Waals surface area contributed by atoms with Gasteiger partial charge in [0.15, 0.2) is 11.6 Å². The highest BCUT2D eigenvalue weighted by molar-refractivity contribution is 6.41. The lowest BCUT2D eigenvalue weighted by molar-refractivity contribution is 0.669. The Hall–Kier alpha value is -7.31. The van der Waals surface area contributed by atoms with Crippen LogP contribution in [-0.2, 0) is 0 Å². The highest BCUT2D eigenvalue weighted by atomic mass is 16.3. The lowest BCUT2D eigenvalue weighted by Gasteiger charge is -2.12. The highest BCUT2D eigenvalue weighted by Gasteiger charge is 2.29. The molecule has 6 aromatic heterocycles. The predicted octanol–water partition coefficient (Wildman–Crippen LogP) is 12.0. The number of aromatic nitrogens is 5. The molecule has 0 aliphatic heterocycles. The van der Waals surface area contributed by atoms with Crippen molar-refractivity contribution in [3.05, 3.63) is 140 Å². The van der Waals surface area contributed by atoms with Gasteiger partial charge >= 0.3 is 0 Å². The van der Waals surface area contributed by atoms with Crippen molar-refractivity contribution in [2.24, 2.45) is 0 Å². The monoisotopic (exact) mass is 673 g/mol. The fraction of sp³-hybridized carbons (Fsp3) is 0. The van der Waals surface area contributed by atoms with E-state index in [1.807, 2.05) is 36.4 Å². The average Bonchev–Trinajstić information content (AvgIpc) is 3.93. The fourth-order valence-electron chi connectivity index (χ4n) is 9.63. The Balaban J connectivity index is 1.15. The highest BCUT2D eigenvalue weighted by Crippen LogP contribution is 2.51. The minimum atomic E-state index is 0.581. The van der Waals surface area contributed by atoms with Crippen LogP contribution in [0.3, 0.4) is 0 Å². The molecule has 14 rings (SSSR count).